The van der Waals surface area contributed by atoms with E-state index in [1.54, 1.807) is 0 Å². The van der Waals surface area contributed by atoms with Crippen LogP contribution >= 0.6 is 0 Å². The molecule has 0 amide bonds. The molecule has 0 aliphatic heterocycles. The third-order valence-electron chi connectivity index (χ3n) is 4.90. The zero-order chi connectivity index (χ0) is 28.0. The molecular formula is C15H6F16O4. The van der Waals surface area contributed by atoms with Crippen molar-refractivity contribution < 1.29 is 89.3 Å². The van der Waals surface area contributed by atoms with Crippen molar-refractivity contribution in [1.82, 2.24) is 0 Å². The van der Waals surface area contributed by atoms with Gasteiger partial charge < -0.3 is 9.47 Å². The molecule has 2 fully saturated rings. The van der Waals surface area contributed by atoms with Gasteiger partial charge in [-0.1, -0.05) is 0 Å². The van der Waals surface area contributed by atoms with Gasteiger partial charge in [0, 0.05) is 11.6 Å². The summed E-state index contributed by atoms with van der Waals surface area (Å²) in [5.41, 5.74) is -1.75. The SMILES string of the molecule is C/C(=C/C(=O)OC1C(F)(F)C(F)(F)C(F)(F)C1(F)F)C(=O)OC1C(F)(F)C(F)(F)C(F)(F)C1(F)F. The van der Waals surface area contributed by atoms with Crippen molar-refractivity contribution in [1.29, 1.82) is 0 Å². The molecule has 2 aliphatic carbocycles. The number of ether oxygens (including phenoxy) is 2. The van der Waals surface area contributed by atoms with E-state index in [0.29, 0.717) is 0 Å². The summed E-state index contributed by atoms with van der Waals surface area (Å²) in [6.07, 6.45) is -10.5. The molecule has 2 saturated carbocycles. The Balaban J connectivity index is 2.30. The fourth-order valence-electron chi connectivity index (χ4n) is 2.83. The number of carbonyl (C=O) groups is 2. The smallest absolute Gasteiger partial charge is 0.382 e. The van der Waals surface area contributed by atoms with E-state index in [2.05, 4.69) is 9.47 Å². The minimum Gasteiger partial charge on any atom is -0.446 e. The summed E-state index contributed by atoms with van der Waals surface area (Å²) >= 11 is 0. The quantitative estimate of drug-likeness (QED) is 0.283. The summed E-state index contributed by atoms with van der Waals surface area (Å²) in [6.45, 7) is 0.110. The Morgan fingerprint density at radius 1 is 0.543 bits per heavy atom. The van der Waals surface area contributed by atoms with Crippen LogP contribution in [0.2, 0.25) is 0 Å². The molecule has 0 bridgehead atoms. The van der Waals surface area contributed by atoms with Crippen LogP contribution in [-0.4, -0.2) is 71.5 Å². The first kappa shape index (κ1) is 28.8. The second-order valence-corrected chi connectivity index (χ2v) is 7.22. The molecule has 0 saturated heterocycles. The van der Waals surface area contributed by atoms with Crippen LogP contribution in [0.25, 0.3) is 0 Å². The Bertz CT molecular complexity index is 901. The topological polar surface area (TPSA) is 52.6 Å². The summed E-state index contributed by atoms with van der Waals surface area (Å²) in [5, 5.41) is 0. The highest BCUT2D eigenvalue weighted by molar-refractivity contribution is 5.96. The lowest BCUT2D eigenvalue weighted by atomic mass is 10.2. The number of esters is 2. The Morgan fingerprint density at radius 3 is 1.09 bits per heavy atom. The van der Waals surface area contributed by atoms with E-state index >= 15 is 0 Å². The van der Waals surface area contributed by atoms with Crippen LogP contribution in [-0.2, 0) is 19.1 Å². The average molecular weight is 554 g/mol. The molecule has 20 heteroatoms. The van der Waals surface area contributed by atoms with E-state index in [1.807, 2.05) is 0 Å². The molecule has 2 aliphatic rings. The molecule has 0 atom stereocenters. The first-order valence-electron chi connectivity index (χ1n) is 8.29. The summed E-state index contributed by atoms with van der Waals surface area (Å²) in [4.78, 5) is 22.9. The van der Waals surface area contributed by atoms with Gasteiger partial charge in [-0.05, 0) is 6.92 Å². The zero-order valence-corrected chi connectivity index (χ0v) is 15.9. The molecule has 0 aromatic rings. The van der Waals surface area contributed by atoms with Gasteiger partial charge in [0.05, 0.1) is 0 Å². The van der Waals surface area contributed by atoms with Gasteiger partial charge in [-0.15, -0.1) is 0 Å². The molecule has 202 valence electrons. The van der Waals surface area contributed by atoms with E-state index in [0.717, 1.165) is 0 Å². The van der Waals surface area contributed by atoms with Crippen molar-refractivity contribution in [3.63, 3.8) is 0 Å². The highest BCUT2D eigenvalue weighted by atomic mass is 19.4. The van der Waals surface area contributed by atoms with Crippen molar-refractivity contribution in [2.75, 3.05) is 0 Å². The first-order valence-corrected chi connectivity index (χ1v) is 8.29. The van der Waals surface area contributed by atoms with Gasteiger partial charge in [-0.2, -0.15) is 70.2 Å². The number of hydrogen-bond donors (Lipinski definition) is 0. The second kappa shape index (κ2) is 7.30. The van der Waals surface area contributed by atoms with E-state index in [4.69, 9.17) is 0 Å². The fourth-order valence-corrected chi connectivity index (χ4v) is 2.83. The summed E-state index contributed by atoms with van der Waals surface area (Å²) in [5.74, 6) is -58.5. The normalized spacial score (nSPS) is 29.6. The maximum Gasteiger partial charge on any atom is 0.382 e. The summed E-state index contributed by atoms with van der Waals surface area (Å²) < 4.78 is 218. The molecule has 2 rings (SSSR count). The molecule has 0 heterocycles. The minimum absolute atomic E-state index is 0.110. The number of halogens is 16. The van der Waals surface area contributed by atoms with E-state index in [9.17, 15) is 79.8 Å². The minimum atomic E-state index is -6.79. The standard InChI is InChI=1S/C15H6F16O4/c1-3(5(33)35-7-10(20,21)14(28,29)15(30,31)11(7,22)23)2-4(32)34-6-8(16,17)12(24,25)13(26,27)9(6,18)19/h2,6-7H,1H3/b3-2-. The maximum absolute atomic E-state index is 13.4. The predicted molar refractivity (Wildman–Crippen MR) is 73.1 cm³/mol. The molecule has 0 spiro atoms. The van der Waals surface area contributed by atoms with Crippen molar-refractivity contribution in [2.24, 2.45) is 0 Å². The zero-order valence-electron chi connectivity index (χ0n) is 15.9. The summed E-state index contributed by atoms with van der Waals surface area (Å²) in [7, 11) is 0. The lowest BCUT2D eigenvalue weighted by molar-refractivity contribution is -0.303. The van der Waals surface area contributed by atoms with Crippen LogP contribution in [0, 0.1) is 0 Å². The van der Waals surface area contributed by atoms with Crippen LogP contribution < -0.4 is 0 Å². The Kier molecular flexibility index (Phi) is 6.00. The monoisotopic (exact) mass is 554 g/mol. The van der Waals surface area contributed by atoms with E-state index in [1.165, 1.54) is 0 Å². The number of hydrogen-bond acceptors (Lipinski definition) is 4. The van der Waals surface area contributed by atoms with Crippen molar-refractivity contribution in [3.8, 4) is 0 Å². The van der Waals surface area contributed by atoms with Gasteiger partial charge in [0.15, 0.2) is 0 Å². The predicted octanol–water partition coefficient (Wildman–Crippen LogP) is 4.87. The summed E-state index contributed by atoms with van der Waals surface area (Å²) in [6, 6.07) is 0. The second-order valence-electron chi connectivity index (χ2n) is 7.22. The highest BCUT2D eigenvalue weighted by Crippen LogP contribution is 2.65. The molecule has 0 aromatic carbocycles. The fraction of sp³-hybridized carbons (Fsp3) is 0.733. The third-order valence-corrected chi connectivity index (χ3v) is 4.90. The average Bonchev–Trinajstić information content (AvgIpc) is 2.78. The number of carbonyl (C=O) groups excluding carboxylic acids is 2. The molecular weight excluding hydrogens is 548 g/mol. The largest absolute Gasteiger partial charge is 0.446 e. The number of rotatable bonds is 4. The van der Waals surface area contributed by atoms with Crippen LogP contribution in [0.15, 0.2) is 11.6 Å². The molecule has 0 aromatic heterocycles. The lowest BCUT2D eigenvalue weighted by Gasteiger charge is -2.24. The maximum atomic E-state index is 13.4. The molecule has 0 unspecified atom stereocenters. The first-order chi connectivity index (χ1) is 15.2. The molecule has 35 heavy (non-hydrogen) atoms. The molecule has 0 radical (unpaired) electrons. The van der Waals surface area contributed by atoms with Crippen molar-refractivity contribution in [2.45, 2.75) is 66.5 Å². The Hall–Kier alpha value is -2.44. The molecule has 0 N–H and O–H groups in total. The van der Waals surface area contributed by atoms with Gasteiger partial charge in [-0.3, -0.25) is 0 Å². The third kappa shape index (κ3) is 3.29. The Labute approximate surface area is 180 Å². The van der Waals surface area contributed by atoms with E-state index < -0.39 is 83.2 Å². The van der Waals surface area contributed by atoms with Crippen LogP contribution in [0.1, 0.15) is 6.92 Å². The van der Waals surface area contributed by atoms with Crippen LogP contribution in [0.3, 0.4) is 0 Å². The van der Waals surface area contributed by atoms with Crippen molar-refractivity contribution >= 4 is 11.9 Å². The lowest BCUT2D eigenvalue weighted by Crippen LogP contribution is -2.51. The van der Waals surface area contributed by atoms with Crippen LogP contribution in [0.5, 0.6) is 0 Å². The number of alkyl halides is 16. The van der Waals surface area contributed by atoms with Gasteiger partial charge in [0.1, 0.15) is 0 Å². The Morgan fingerprint density at radius 2 is 0.800 bits per heavy atom. The van der Waals surface area contributed by atoms with Crippen LogP contribution in [0.4, 0.5) is 70.2 Å². The van der Waals surface area contributed by atoms with Gasteiger partial charge in [0.2, 0.25) is 12.2 Å². The van der Waals surface area contributed by atoms with E-state index in [-0.39, 0.29) is 6.92 Å². The van der Waals surface area contributed by atoms with Gasteiger partial charge >= 0.3 is 59.3 Å². The molecule has 4 nitrogen and oxygen atoms in total. The van der Waals surface area contributed by atoms with Gasteiger partial charge in [-0.25, -0.2) is 9.59 Å². The van der Waals surface area contributed by atoms with Gasteiger partial charge in [0.25, 0.3) is 0 Å². The van der Waals surface area contributed by atoms with Crippen molar-refractivity contribution in [3.05, 3.63) is 11.6 Å². The highest BCUT2D eigenvalue weighted by Gasteiger charge is 2.96.